The summed E-state index contributed by atoms with van der Waals surface area (Å²) in [5, 5.41) is 4.00. The second-order valence-corrected chi connectivity index (χ2v) is 5.54. The van der Waals surface area contributed by atoms with Gasteiger partial charge in [-0.2, -0.15) is 0 Å². The maximum atomic E-state index is 11.0. The van der Waals surface area contributed by atoms with Crippen molar-refractivity contribution in [1.82, 2.24) is 0 Å². The van der Waals surface area contributed by atoms with Crippen molar-refractivity contribution in [1.29, 1.82) is 0 Å². The predicted molar refractivity (Wildman–Crippen MR) is 94.8 cm³/mol. The van der Waals surface area contributed by atoms with E-state index in [4.69, 9.17) is 0 Å². The lowest BCUT2D eigenvalue weighted by molar-refractivity contribution is -0.644. The molecule has 3 aromatic rings. The summed E-state index contributed by atoms with van der Waals surface area (Å²) in [7, 11) is 2.05. The predicted octanol–water partition coefficient (Wildman–Crippen LogP) is 0.797. The van der Waals surface area contributed by atoms with Crippen LogP contribution in [-0.2, 0) is 11.8 Å². The molecule has 0 saturated carbocycles. The molecule has 122 valence electrons. The van der Waals surface area contributed by atoms with Crippen molar-refractivity contribution in [2.45, 2.75) is 6.92 Å². The first-order valence-electron chi connectivity index (χ1n) is 7.56. The van der Waals surface area contributed by atoms with Crippen LogP contribution in [0, 0.1) is 0 Å². The van der Waals surface area contributed by atoms with Gasteiger partial charge < -0.3 is 29.3 Å². The van der Waals surface area contributed by atoms with E-state index >= 15 is 0 Å². The zero-order valence-electron chi connectivity index (χ0n) is 13.7. The van der Waals surface area contributed by atoms with Crippen molar-refractivity contribution in [2.75, 3.05) is 5.32 Å². The topological polar surface area (TPSA) is 33.0 Å². The van der Waals surface area contributed by atoms with E-state index in [1.54, 1.807) is 0 Å². The number of aryl methyl sites for hydroxylation is 1. The number of carbonyl (C=O) groups is 1. The molecule has 0 saturated heterocycles. The van der Waals surface area contributed by atoms with E-state index in [1.807, 2.05) is 24.3 Å². The van der Waals surface area contributed by atoms with Crippen molar-refractivity contribution < 1.29 is 33.3 Å². The minimum Gasteiger partial charge on any atom is -1.00 e. The van der Waals surface area contributed by atoms with Crippen molar-refractivity contribution in [3.05, 3.63) is 71.9 Å². The van der Waals surface area contributed by atoms with Gasteiger partial charge in [0.25, 0.3) is 0 Å². The number of hydrogen-bond acceptors (Lipinski definition) is 1. The first-order valence-corrected chi connectivity index (χ1v) is 7.56. The van der Waals surface area contributed by atoms with E-state index < -0.39 is 0 Å². The molecule has 0 fully saturated rings. The zero-order valence-corrected chi connectivity index (χ0v) is 15.8. The molecule has 1 amide bonds. The van der Waals surface area contributed by atoms with Crippen LogP contribution in [0.25, 0.3) is 23.1 Å². The summed E-state index contributed by atoms with van der Waals surface area (Å²) in [6, 6.07) is 18.3. The number of amides is 1. The van der Waals surface area contributed by atoms with Crippen LogP contribution in [0.3, 0.4) is 0 Å². The Kier molecular flexibility index (Phi) is 6.09. The van der Waals surface area contributed by atoms with Crippen LogP contribution in [0.1, 0.15) is 18.1 Å². The number of halogens is 1. The van der Waals surface area contributed by atoms with Gasteiger partial charge in [0.2, 0.25) is 11.4 Å². The maximum Gasteiger partial charge on any atom is 0.221 e. The number of nitrogens with zero attached hydrogens (tertiary/aromatic N) is 1. The van der Waals surface area contributed by atoms with E-state index in [1.165, 1.54) is 23.4 Å². The van der Waals surface area contributed by atoms with Crippen LogP contribution >= 0.6 is 0 Å². The fourth-order valence-electron chi connectivity index (χ4n) is 2.60. The molecule has 1 N–H and O–H groups in total. The Labute approximate surface area is 159 Å². The minimum atomic E-state index is -0.0584. The molecule has 3 nitrogen and oxygen atoms in total. The average molecular weight is 430 g/mol. The SMILES string of the molecule is CC(=O)Nc1ccc(C=Cc2cc[n+](C)c3ccccc23)cc1.[I-]. The fraction of sp³-hybridized carbons (Fsp3) is 0.100. The Morgan fingerprint density at radius 2 is 1.71 bits per heavy atom. The van der Waals surface area contributed by atoms with Crippen molar-refractivity contribution in [3.8, 4) is 0 Å². The fourth-order valence-corrected chi connectivity index (χ4v) is 2.60. The highest BCUT2D eigenvalue weighted by atomic mass is 127. The Hall–Kier alpha value is -2.21. The summed E-state index contributed by atoms with van der Waals surface area (Å²) in [5.74, 6) is -0.0584. The second-order valence-electron chi connectivity index (χ2n) is 5.54. The highest BCUT2D eigenvalue weighted by molar-refractivity contribution is 5.90. The Morgan fingerprint density at radius 1 is 1.00 bits per heavy atom. The third-order valence-electron chi connectivity index (χ3n) is 3.76. The molecule has 24 heavy (non-hydrogen) atoms. The molecule has 0 unspecified atom stereocenters. The first kappa shape index (κ1) is 18.1. The van der Waals surface area contributed by atoms with Gasteiger partial charge in [0.05, 0.1) is 5.39 Å². The number of carbonyl (C=O) groups excluding carboxylic acids is 1. The second kappa shape index (κ2) is 8.06. The molecule has 0 radical (unpaired) electrons. The lowest BCUT2D eigenvalue weighted by Crippen LogP contribution is -3.00. The number of aromatic nitrogens is 1. The first-order chi connectivity index (χ1) is 11.1. The van der Waals surface area contributed by atoms with Gasteiger partial charge in [-0.05, 0) is 29.3 Å². The monoisotopic (exact) mass is 430 g/mol. The molecule has 4 heteroatoms. The van der Waals surface area contributed by atoms with Crippen LogP contribution < -0.4 is 33.9 Å². The summed E-state index contributed by atoms with van der Waals surface area (Å²) < 4.78 is 2.12. The standard InChI is InChI=1S/C20H18N2O.HI/c1-15(23)21-18-11-8-16(9-12-18)7-10-17-13-14-22(2)20-6-4-3-5-19(17)20;/h3-14H,1-2H3;1H. The van der Waals surface area contributed by atoms with Gasteiger partial charge in [0.15, 0.2) is 6.20 Å². The zero-order chi connectivity index (χ0) is 16.2. The van der Waals surface area contributed by atoms with E-state index in [2.05, 4.69) is 65.6 Å². The summed E-state index contributed by atoms with van der Waals surface area (Å²) in [6.45, 7) is 1.51. The highest BCUT2D eigenvalue weighted by Gasteiger charge is 2.06. The van der Waals surface area contributed by atoms with Crippen LogP contribution in [0.2, 0.25) is 0 Å². The van der Waals surface area contributed by atoms with E-state index in [-0.39, 0.29) is 29.9 Å². The third kappa shape index (κ3) is 4.20. The lowest BCUT2D eigenvalue weighted by Gasteiger charge is -2.02. The maximum absolute atomic E-state index is 11.0. The van der Waals surface area contributed by atoms with Crippen LogP contribution in [0.5, 0.6) is 0 Å². The lowest BCUT2D eigenvalue weighted by atomic mass is 10.1. The Morgan fingerprint density at radius 3 is 2.42 bits per heavy atom. The number of nitrogens with one attached hydrogen (secondary N) is 1. The molecule has 1 heterocycles. The quantitative estimate of drug-likeness (QED) is 0.484. The van der Waals surface area contributed by atoms with Crippen molar-refractivity contribution in [3.63, 3.8) is 0 Å². The van der Waals surface area contributed by atoms with Crippen molar-refractivity contribution >= 4 is 34.6 Å². The highest BCUT2D eigenvalue weighted by Crippen LogP contribution is 2.18. The molecule has 0 aliphatic heterocycles. The van der Waals surface area contributed by atoms with Gasteiger partial charge in [-0.3, -0.25) is 4.79 Å². The average Bonchev–Trinajstić information content (AvgIpc) is 2.55. The summed E-state index contributed by atoms with van der Waals surface area (Å²) in [6.07, 6.45) is 6.27. The molecule has 1 aromatic heterocycles. The molecule has 3 rings (SSSR count). The third-order valence-corrected chi connectivity index (χ3v) is 3.76. The molecule has 0 atom stereocenters. The molecule has 0 aliphatic rings. The molecule has 2 aromatic carbocycles. The number of pyridine rings is 1. The van der Waals surface area contributed by atoms with Gasteiger partial charge >= 0.3 is 0 Å². The Bertz CT molecular complexity index is 886. The van der Waals surface area contributed by atoms with Gasteiger partial charge in [0, 0.05) is 24.7 Å². The number of rotatable bonds is 3. The number of hydrogen-bond donors (Lipinski definition) is 1. The van der Waals surface area contributed by atoms with Crippen LogP contribution in [0.15, 0.2) is 60.8 Å². The molecule has 0 aliphatic carbocycles. The van der Waals surface area contributed by atoms with Gasteiger partial charge in [-0.25, -0.2) is 4.57 Å². The summed E-state index contributed by atoms with van der Waals surface area (Å²) in [4.78, 5) is 11.0. The number of benzene rings is 2. The van der Waals surface area contributed by atoms with Gasteiger partial charge in [-0.15, -0.1) is 0 Å². The molecule has 0 bridgehead atoms. The van der Waals surface area contributed by atoms with E-state index in [9.17, 15) is 4.79 Å². The molecular weight excluding hydrogens is 411 g/mol. The number of para-hydroxylation sites is 1. The normalized spacial score (nSPS) is 10.6. The number of fused-ring (bicyclic) bond motifs is 1. The Balaban J connectivity index is 0.00000208. The smallest absolute Gasteiger partial charge is 0.221 e. The molecule has 0 spiro atoms. The minimum absolute atomic E-state index is 0. The van der Waals surface area contributed by atoms with Crippen molar-refractivity contribution in [2.24, 2.45) is 7.05 Å². The van der Waals surface area contributed by atoms with E-state index in [0.717, 1.165) is 11.3 Å². The van der Waals surface area contributed by atoms with Crippen LogP contribution in [0.4, 0.5) is 5.69 Å². The molecular formula is C20H19IN2O. The van der Waals surface area contributed by atoms with Crippen LogP contribution in [-0.4, -0.2) is 5.91 Å². The number of anilines is 1. The van der Waals surface area contributed by atoms with E-state index in [0.29, 0.717) is 0 Å². The van der Waals surface area contributed by atoms with Gasteiger partial charge in [0.1, 0.15) is 7.05 Å². The van der Waals surface area contributed by atoms with Gasteiger partial charge in [-0.1, -0.05) is 36.4 Å². The summed E-state index contributed by atoms with van der Waals surface area (Å²) in [5.41, 5.74) is 4.29. The summed E-state index contributed by atoms with van der Waals surface area (Å²) >= 11 is 0. The largest absolute Gasteiger partial charge is 1.00 e.